The van der Waals surface area contributed by atoms with Crippen LogP contribution in [0.4, 0.5) is 5.69 Å². The fourth-order valence-corrected chi connectivity index (χ4v) is 3.15. The number of nitrogens with one attached hydrogen (secondary N) is 2. The predicted octanol–water partition coefficient (Wildman–Crippen LogP) is 2.96. The third kappa shape index (κ3) is 3.99. The normalized spacial score (nSPS) is 15.2. The predicted molar refractivity (Wildman–Crippen MR) is 90.7 cm³/mol. The Hall–Kier alpha value is -2.14. The summed E-state index contributed by atoms with van der Waals surface area (Å²) in [7, 11) is 0. The minimum atomic E-state index is -0.376. The molecule has 0 saturated heterocycles. The number of carbonyl (C=O) groups excluding carboxylic acids is 1. The summed E-state index contributed by atoms with van der Waals surface area (Å²) in [5.74, 6) is -0.0372. The molecule has 23 heavy (non-hydrogen) atoms. The molecular weight excluding hydrogens is 292 g/mol. The highest BCUT2D eigenvalue weighted by Gasteiger charge is 2.14. The number of fused-ring (bicyclic) bond motifs is 1. The zero-order valence-electron chi connectivity index (χ0n) is 13.4. The Bertz CT molecular complexity index is 760. The van der Waals surface area contributed by atoms with E-state index in [2.05, 4.69) is 10.6 Å². The first kappa shape index (κ1) is 15.7. The van der Waals surface area contributed by atoms with E-state index in [9.17, 15) is 9.59 Å². The van der Waals surface area contributed by atoms with Gasteiger partial charge in [-0.3, -0.25) is 4.79 Å². The largest absolute Gasteiger partial charge is 0.423 e. The van der Waals surface area contributed by atoms with Gasteiger partial charge < -0.3 is 15.1 Å². The second kappa shape index (κ2) is 6.96. The topological polar surface area (TPSA) is 71.3 Å². The van der Waals surface area contributed by atoms with Gasteiger partial charge in [-0.15, -0.1) is 0 Å². The van der Waals surface area contributed by atoms with Crippen molar-refractivity contribution in [2.24, 2.45) is 0 Å². The van der Waals surface area contributed by atoms with E-state index in [0.717, 1.165) is 10.9 Å². The molecule has 2 aromatic rings. The summed E-state index contributed by atoms with van der Waals surface area (Å²) in [5.41, 5.74) is 1.64. The summed E-state index contributed by atoms with van der Waals surface area (Å²) in [6, 6.07) is 7.43. The third-order valence-electron chi connectivity index (χ3n) is 4.38. The second-order valence-electron chi connectivity index (χ2n) is 6.19. The van der Waals surface area contributed by atoms with Crippen LogP contribution < -0.4 is 16.3 Å². The smallest absolute Gasteiger partial charge is 0.336 e. The van der Waals surface area contributed by atoms with E-state index >= 15 is 0 Å². The molecule has 122 valence electrons. The van der Waals surface area contributed by atoms with Gasteiger partial charge in [0, 0.05) is 42.2 Å². The van der Waals surface area contributed by atoms with Crippen molar-refractivity contribution in [1.29, 1.82) is 0 Å². The monoisotopic (exact) mass is 314 g/mol. The maximum Gasteiger partial charge on any atom is 0.336 e. The van der Waals surface area contributed by atoms with Gasteiger partial charge in [0.2, 0.25) is 5.91 Å². The highest BCUT2D eigenvalue weighted by molar-refractivity contribution is 5.93. The fourth-order valence-electron chi connectivity index (χ4n) is 3.15. The molecule has 5 nitrogen and oxygen atoms in total. The Morgan fingerprint density at radius 1 is 1.26 bits per heavy atom. The molecule has 2 N–H and O–H groups in total. The average Bonchev–Trinajstić information content (AvgIpc) is 3.00. The van der Waals surface area contributed by atoms with Gasteiger partial charge >= 0.3 is 5.63 Å². The Balaban J connectivity index is 1.59. The molecule has 0 bridgehead atoms. The van der Waals surface area contributed by atoms with Crippen molar-refractivity contribution in [2.75, 3.05) is 11.9 Å². The first-order valence-electron chi connectivity index (χ1n) is 8.19. The van der Waals surface area contributed by atoms with Crippen LogP contribution in [0.5, 0.6) is 0 Å². The molecule has 0 unspecified atom stereocenters. The van der Waals surface area contributed by atoms with Crippen molar-refractivity contribution in [1.82, 2.24) is 5.32 Å². The minimum absolute atomic E-state index is 0.0372. The number of aryl methyl sites for hydroxylation is 1. The Morgan fingerprint density at radius 2 is 2.04 bits per heavy atom. The molecule has 1 aliphatic carbocycles. The molecule has 1 aliphatic rings. The molecular formula is C18H22N2O3. The van der Waals surface area contributed by atoms with Crippen LogP contribution in [-0.4, -0.2) is 18.5 Å². The lowest BCUT2D eigenvalue weighted by molar-refractivity contribution is -0.116. The Morgan fingerprint density at radius 3 is 2.83 bits per heavy atom. The lowest BCUT2D eigenvalue weighted by Gasteiger charge is -2.11. The van der Waals surface area contributed by atoms with Gasteiger partial charge in [0.15, 0.2) is 0 Å². The van der Waals surface area contributed by atoms with E-state index in [-0.39, 0.29) is 11.5 Å². The van der Waals surface area contributed by atoms with Crippen LogP contribution in [-0.2, 0) is 4.79 Å². The Kier molecular flexibility index (Phi) is 4.76. The highest BCUT2D eigenvalue weighted by atomic mass is 16.4. The first-order valence-corrected chi connectivity index (χ1v) is 8.19. The molecule has 3 rings (SSSR count). The van der Waals surface area contributed by atoms with Gasteiger partial charge in [-0.1, -0.05) is 12.8 Å². The lowest BCUT2D eigenvalue weighted by Crippen LogP contribution is -2.29. The number of benzene rings is 1. The molecule has 1 aromatic carbocycles. The standard InChI is InChI=1S/C18H22N2O3/c1-12-10-18(22)23-16-11-14(6-7-15(12)16)20-17(21)8-9-19-13-4-2-3-5-13/h6-7,10-11,13,19H,2-5,8-9H2,1H3,(H,20,21). The molecule has 1 fully saturated rings. The first-order chi connectivity index (χ1) is 11.1. The highest BCUT2D eigenvalue weighted by Crippen LogP contribution is 2.21. The number of amides is 1. The lowest BCUT2D eigenvalue weighted by atomic mass is 10.1. The number of hydrogen-bond acceptors (Lipinski definition) is 4. The SMILES string of the molecule is Cc1cc(=O)oc2cc(NC(=O)CCNC3CCCC3)ccc12. The average molecular weight is 314 g/mol. The van der Waals surface area contributed by atoms with E-state index in [1.807, 2.05) is 19.1 Å². The molecule has 1 saturated carbocycles. The summed E-state index contributed by atoms with van der Waals surface area (Å²) < 4.78 is 5.19. The van der Waals surface area contributed by atoms with Crippen LogP contribution in [0.2, 0.25) is 0 Å². The van der Waals surface area contributed by atoms with Crippen LogP contribution in [0.1, 0.15) is 37.7 Å². The molecule has 0 atom stereocenters. The van der Waals surface area contributed by atoms with E-state index in [1.54, 1.807) is 6.07 Å². The van der Waals surface area contributed by atoms with Crippen molar-refractivity contribution >= 4 is 22.6 Å². The number of anilines is 1. The van der Waals surface area contributed by atoms with Crippen LogP contribution in [0.25, 0.3) is 11.0 Å². The van der Waals surface area contributed by atoms with Crippen molar-refractivity contribution in [3.05, 3.63) is 40.2 Å². The van der Waals surface area contributed by atoms with Gasteiger partial charge in [0.25, 0.3) is 0 Å². The van der Waals surface area contributed by atoms with E-state index in [0.29, 0.717) is 30.3 Å². The van der Waals surface area contributed by atoms with E-state index in [4.69, 9.17) is 4.42 Å². The summed E-state index contributed by atoms with van der Waals surface area (Å²) in [6.45, 7) is 2.56. The van der Waals surface area contributed by atoms with E-state index < -0.39 is 0 Å². The molecule has 1 heterocycles. The molecule has 1 aromatic heterocycles. The van der Waals surface area contributed by atoms with Gasteiger partial charge in [-0.25, -0.2) is 4.79 Å². The van der Waals surface area contributed by atoms with Crippen molar-refractivity contribution in [3.63, 3.8) is 0 Å². The van der Waals surface area contributed by atoms with Crippen LogP contribution in [0, 0.1) is 6.92 Å². The van der Waals surface area contributed by atoms with Crippen molar-refractivity contribution in [3.8, 4) is 0 Å². The van der Waals surface area contributed by atoms with E-state index in [1.165, 1.54) is 31.7 Å². The summed E-state index contributed by atoms with van der Waals surface area (Å²) >= 11 is 0. The molecule has 0 aliphatic heterocycles. The summed E-state index contributed by atoms with van der Waals surface area (Å²) in [4.78, 5) is 23.5. The molecule has 0 spiro atoms. The third-order valence-corrected chi connectivity index (χ3v) is 4.38. The fraction of sp³-hybridized carbons (Fsp3) is 0.444. The summed E-state index contributed by atoms with van der Waals surface area (Å²) in [5, 5.41) is 7.16. The van der Waals surface area contributed by atoms with Gasteiger partial charge in [-0.05, 0) is 37.5 Å². The quantitative estimate of drug-likeness (QED) is 0.832. The van der Waals surface area contributed by atoms with Gasteiger partial charge in [0.05, 0.1) is 0 Å². The molecule has 0 radical (unpaired) electrons. The minimum Gasteiger partial charge on any atom is -0.423 e. The Labute approximate surface area is 135 Å². The number of hydrogen-bond donors (Lipinski definition) is 2. The molecule has 1 amide bonds. The number of carbonyl (C=O) groups is 1. The zero-order chi connectivity index (χ0) is 16.2. The van der Waals surface area contributed by atoms with Crippen molar-refractivity contribution < 1.29 is 9.21 Å². The molecule has 5 heteroatoms. The second-order valence-corrected chi connectivity index (χ2v) is 6.19. The number of rotatable bonds is 5. The zero-order valence-corrected chi connectivity index (χ0v) is 13.4. The van der Waals surface area contributed by atoms with Crippen molar-refractivity contribution in [2.45, 2.75) is 45.1 Å². The van der Waals surface area contributed by atoms with Gasteiger partial charge in [0.1, 0.15) is 5.58 Å². The maximum atomic E-state index is 12.0. The van der Waals surface area contributed by atoms with Crippen LogP contribution in [0.15, 0.2) is 33.5 Å². The van der Waals surface area contributed by atoms with Crippen LogP contribution >= 0.6 is 0 Å². The maximum absolute atomic E-state index is 12.0. The summed E-state index contributed by atoms with van der Waals surface area (Å²) in [6.07, 6.45) is 5.43. The van der Waals surface area contributed by atoms with Crippen LogP contribution in [0.3, 0.4) is 0 Å². The van der Waals surface area contributed by atoms with Gasteiger partial charge in [-0.2, -0.15) is 0 Å².